The van der Waals surface area contributed by atoms with Crippen molar-refractivity contribution in [2.75, 3.05) is 6.61 Å². The number of nitrogens with two attached hydrogens (primary N) is 1. The molecule has 2 atom stereocenters. The van der Waals surface area contributed by atoms with E-state index in [1.54, 1.807) is 12.1 Å². The average Bonchev–Trinajstić information content (AvgIpc) is 2.40. The summed E-state index contributed by atoms with van der Waals surface area (Å²) in [7, 11) is 0. The Morgan fingerprint density at radius 2 is 1.90 bits per heavy atom. The summed E-state index contributed by atoms with van der Waals surface area (Å²) >= 11 is 0. The molecule has 0 saturated heterocycles. The number of benzene rings is 1. The van der Waals surface area contributed by atoms with Crippen LogP contribution in [0.25, 0.3) is 0 Å². The van der Waals surface area contributed by atoms with Crippen LogP contribution in [0.3, 0.4) is 0 Å². The van der Waals surface area contributed by atoms with Gasteiger partial charge in [-0.3, -0.25) is 11.3 Å². The highest BCUT2D eigenvalue weighted by Crippen LogP contribution is 2.33. The van der Waals surface area contributed by atoms with Gasteiger partial charge >= 0.3 is 6.36 Å². The Hall–Kier alpha value is -1.31. The molecule has 21 heavy (non-hydrogen) atoms. The molecule has 1 rings (SSSR count). The number of para-hydroxylation sites is 1. The summed E-state index contributed by atoms with van der Waals surface area (Å²) < 4.78 is 47.1. The van der Waals surface area contributed by atoms with E-state index in [0.717, 1.165) is 6.42 Å². The summed E-state index contributed by atoms with van der Waals surface area (Å²) in [4.78, 5) is 0. The maximum atomic E-state index is 12.5. The van der Waals surface area contributed by atoms with Gasteiger partial charge in [0.2, 0.25) is 0 Å². The van der Waals surface area contributed by atoms with Crippen molar-refractivity contribution in [2.45, 2.75) is 45.2 Å². The standard InChI is InChI=1S/C14H21F3N2O2/c1-3-7-12(20-4-2)13(19-18)10-8-5-6-9-11(10)21-14(15,16)17/h5-6,8-9,12-13,19H,3-4,7,18H2,1-2H3. The number of hydrogen-bond donors (Lipinski definition) is 2. The predicted molar refractivity (Wildman–Crippen MR) is 73.5 cm³/mol. The van der Waals surface area contributed by atoms with E-state index < -0.39 is 12.4 Å². The maximum absolute atomic E-state index is 12.5. The van der Waals surface area contributed by atoms with Gasteiger partial charge in [-0.2, -0.15) is 0 Å². The smallest absolute Gasteiger partial charge is 0.405 e. The average molecular weight is 306 g/mol. The van der Waals surface area contributed by atoms with E-state index in [9.17, 15) is 13.2 Å². The van der Waals surface area contributed by atoms with Crippen molar-refractivity contribution in [1.82, 2.24) is 5.43 Å². The number of hydrogen-bond acceptors (Lipinski definition) is 4. The van der Waals surface area contributed by atoms with E-state index in [1.807, 2.05) is 13.8 Å². The molecule has 1 aromatic rings. The number of ether oxygens (including phenoxy) is 2. The second kappa shape index (κ2) is 8.21. The second-order valence-electron chi connectivity index (χ2n) is 4.51. The summed E-state index contributed by atoms with van der Waals surface area (Å²) in [5, 5.41) is 0. The molecule has 7 heteroatoms. The molecule has 0 aliphatic carbocycles. The Kier molecular flexibility index (Phi) is 6.94. The van der Waals surface area contributed by atoms with Crippen molar-refractivity contribution >= 4 is 0 Å². The van der Waals surface area contributed by atoms with E-state index in [0.29, 0.717) is 18.6 Å². The maximum Gasteiger partial charge on any atom is 0.573 e. The van der Waals surface area contributed by atoms with Crippen molar-refractivity contribution in [3.63, 3.8) is 0 Å². The third kappa shape index (κ3) is 5.53. The van der Waals surface area contributed by atoms with Gasteiger partial charge in [-0.1, -0.05) is 31.5 Å². The largest absolute Gasteiger partial charge is 0.573 e. The molecule has 0 heterocycles. The van der Waals surface area contributed by atoms with Gasteiger partial charge in [0, 0.05) is 12.2 Å². The first-order valence-corrected chi connectivity index (χ1v) is 6.85. The molecular weight excluding hydrogens is 285 g/mol. The predicted octanol–water partition coefficient (Wildman–Crippen LogP) is 3.29. The quantitative estimate of drug-likeness (QED) is 0.571. The Bertz CT molecular complexity index is 421. The molecule has 3 N–H and O–H groups in total. The fourth-order valence-electron chi connectivity index (χ4n) is 2.20. The SMILES string of the molecule is CCCC(OCC)C(NN)c1ccccc1OC(F)(F)F. The summed E-state index contributed by atoms with van der Waals surface area (Å²) in [6.07, 6.45) is -3.59. The molecule has 0 saturated carbocycles. The van der Waals surface area contributed by atoms with Gasteiger partial charge in [0.25, 0.3) is 0 Å². The first kappa shape index (κ1) is 17.7. The Balaban J connectivity index is 3.08. The van der Waals surface area contributed by atoms with Crippen molar-refractivity contribution in [1.29, 1.82) is 0 Å². The lowest BCUT2D eigenvalue weighted by Gasteiger charge is -2.28. The molecule has 0 aliphatic heterocycles. The van der Waals surface area contributed by atoms with Crippen molar-refractivity contribution < 1.29 is 22.6 Å². The van der Waals surface area contributed by atoms with Crippen molar-refractivity contribution in [3.8, 4) is 5.75 Å². The minimum Gasteiger partial charge on any atom is -0.405 e. The van der Waals surface area contributed by atoms with E-state index in [1.165, 1.54) is 12.1 Å². The second-order valence-corrected chi connectivity index (χ2v) is 4.51. The molecule has 0 aromatic heterocycles. The zero-order chi connectivity index (χ0) is 15.9. The molecule has 0 bridgehead atoms. The fraction of sp³-hybridized carbons (Fsp3) is 0.571. The molecule has 1 aromatic carbocycles. The number of alkyl halides is 3. The van der Waals surface area contributed by atoms with Gasteiger partial charge in [0.05, 0.1) is 12.1 Å². The minimum atomic E-state index is -4.75. The highest BCUT2D eigenvalue weighted by molar-refractivity contribution is 5.36. The highest BCUT2D eigenvalue weighted by Gasteiger charge is 2.34. The molecule has 0 spiro atoms. The molecule has 2 unspecified atom stereocenters. The Labute approximate surface area is 122 Å². The van der Waals surface area contributed by atoms with Gasteiger partial charge in [0.15, 0.2) is 0 Å². The van der Waals surface area contributed by atoms with Gasteiger partial charge in [-0.15, -0.1) is 13.2 Å². The first-order chi connectivity index (χ1) is 9.92. The van der Waals surface area contributed by atoms with Gasteiger partial charge in [-0.25, -0.2) is 0 Å². The number of halogens is 3. The van der Waals surface area contributed by atoms with Crippen LogP contribution >= 0.6 is 0 Å². The van der Waals surface area contributed by atoms with E-state index in [-0.39, 0.29) is 11.9 Å². The van der Waals surface area contributed by atoms with Gasteiger partial charge in [0.1, 0.15) is 5.75 Å². The molecule has 0 amide bonds. The summed E-state index contributed by atoms with van der Waals surface area (Å²) in [6.45, 7) is 4.25. The Morgan fingerprint density at radius 1 is 1.24 bits per heavy atom. The molecule has 0 radical (unpaired) electrons. The van der Waals surface area contributed by atoms with Crippen LogP contribution in [-0.2, 0) is 4.74 Å². The van der Waals surface area contributed by atoms with Crippen LogP contribution in [0.1, 0.15) is 38.3 Å². The topological polar surface area (TPSA) is 56.5 Å². The molecule has 120 valence electrons. The van der Waals surface area contributed by atoms with E-state index in [4.69, 9.17) is 10.6 Å². The zero-order valence-electron chi connectivity index (χ0n) is 12.1. The number of hydrazine groups is 1. The van der Waals surface area contributed by atoms with Crippen molar-refractivity contribution in [2.24, 2.45) is 5.84 Å². The summed E-state index contributed by atoms with van der Waals surface area (Å²) in [5.74, 6) is 5.26. The van der Waals surface area contributed by atoms with Gasteiger partial charge in [-0.05, 0) is 19.4 Å². The molecular formula is C14H21F3N2O2. The highest BCUT2D eigenvalue weighted by atomic mass is 19.4. The number of rotatable bonds is 8. The van der Waals surface area contributed by atoms with Crippen LogP contribution in [0.5, 0.6) is 5.75 Å². The summed E-state index contributed by atoms with van der Waals surface area (Å²) in [6, 6.07) is 5.35. The van der Waals surface area contributed by atoms with E-state index in [2.05, 4.69) is 10.2 Å². The minimum absolute atomic E-state index is 0.270. The zero-order valence-corrected chi connectivity index (χ0v) is 12.1. The van der Waals surface area contributed by atoms with Crippen LogP contribution in [0.4, 0.5) is 13.2 Å². The third-order valence-electron chi connectivity index (χ3n) is 2.99. The van der Waals surface area contributed by atoms with Crippen LogP contribution < -0.4 is 16.0 Å². The summed E-state index contributed by atoms with van der Waals surface area (Å²) in [5.41, 5.74) is 2.87. The monoisotopic (exact) mass is 306 g/mol. The van der Waals surface area contributed by atoms with E-state index >= 15 is 0 Å². The molecule has 0 aliphatic rings. The van der Waals surface area contributed by atoms with Gasteiger partial charge < -0.3 is 9.47 Å². The van der Waals surface area contributed by atoms with Crippen LogP contribution in [0, 0.1) is 0 Å². The lowest BCUT2D eigenvalue weighted by Crippen LogP contribution is -2.38. The van der Waals surface area contributed by atoms with Crippen LogP contribution in [-0.4, -0.2) is 19.1 Å². The normalized spacial score (nSPS) is 14.8. The van der Waals surface area contributed by atoms with Crippen LogP contribution in [0.2, 0.25) is 0 Å². The lowest BCUT2D eigenvalue weighted by molar-refractivity contribution is -0.275. The van der Waals surface area contributed by atoms with Crippen LogP contribution in [0.15, 0.2) is 24.3 Å². The number of nitrogens with one attached hydrogen (secondary N) is 1. The Morgan fingerprint density at radius 3 is 2.43 bits per heavy atom. The first-order valence-electron chi connectivity index (χ1n) is 6.85. The fourth-order valence-corrected chi connectivity index (χ4v) is 2.20. The molecule has 0 fully saturated rings. The van der Waals surface area contributed by atoms with Crippen molar-refractivity contribution in [3.05, 3.63) is 29.8 Å². The molecule has 4 nitrogen and oxygen atoms in total. The third-order valence-corrected chi connectivity index (χ3v) is 2.99. The lowest BCUT2D eigenvalue weighted by atomic mass is 9.97.